The van der Waals surface area contributed by atoms with Gasteiger partial charge in [0.1, 0.15) is 11.8 Å². The van der Waals surface area contributed by atoms with Crippen molar-refractivity contribution in [2.75, 3.05) is 7.11 Å². The highest BCUT2D eigenvalue weighted by Gasteiger charge is 2.20. The molecular formula is C19H28N2O3. The Kier molecular flexibility index (Phi) is 7.01. The van der Waals surface area contributed by atoms with Gasteiger partial charge < -0.3 is 15.4 Å². The number of benzene rings is 1. The zero-order valence-electron chi connectivity index (χ0n) is 15.4. The first kappa shape index (κ1) is 19.7. The summed E-state index contributed by atoms with van der Waals surface area (Å²) in [4.78, 5) is 24.1. The van der Waals surface area contributed by atoms with Crippen LogP contribution in [0.15, 0.2) is 35.9 Å². The third-order valence-corrected chi connectivity index (χ3v) is 3.29. The van der Waals surface area contributed by atoms with Crippen LogP contribution >= 0.6 is 0 Å². The van der Waals surface area contributed by atoms with Gasteiger partial charge in [0, 0.05) is 11.6 Å². The molecule has 0 saturated carbocycles. The summed E-state index contributed by atoms with van der Waals surface area (Å²) in [6.45, 7) is 9.25. The number of methoxy groups -OCH3 is 1. The van der Waals surface area contributed by atoms with Crippen molar-refractivity contribution in [3.05, 3.63) is 41.5 Å². The van der Waals surface area contributed by atoms with Gasteiger partial charge in [0.2, 0.25) is 11.8 Å². The van der Waals surface area contributed by atoms with E-state index in [9.17, 15) is 9.59 Å². The highest BCUT2D eigenvalue weighted by atomic mass is 16.5. The summed E-state index contributed by atoms with van der Waals surface area (Å²) in [5, 5.41) is 5.53. The van der Waals surface area contributed by atoms with E-state index in [0.29, 0.717) is 6.42 Å². The lowest BCUT2D eigenvalue weighted by atomic mass is 10.0. The van der Waals surface area contributed by atoms with Crippen LogP contribution in [-0.4, -0.2) is 30.5 Å². The van der Waals surface area contributed by atoms with Crippen LogP contribution in [0, 0.1) is 0 Å². The van der Waals surface area contributed by atoms with E-state index in [-0.39, 0.29) is 17.4 Å². The van der Waals surface area contributed by atoms with Crippen LogP contribution < -0.4 is 15.4 Å². The van der Waals surface area contributed by atoms with Gasteiger partial charge in [0.15, 0.2) is 0 Å². The standard InChI is InChI=1S/C19H28N2O3/c1-13(11-15-9-7-8-10-16(15)24-6)12-17(22)20-14(2)18(23)21-19(3,4)5/h7-10,12,14H,11H2,1-6H3,(H,20,22)(H,21,23)/b13-12-/t14-/m1/s1. The zero-order chi connectivity index (χ0) is 18.3. The molecule has 0 bridgehead atoms. The quantitative estimate of drug-likeness (QED) is 0.787. The van der Waals surface area contributed by atoms with Crippen LogP contribution in [0.4, 0.5) is 0 Å². The summed E-state index contributed by atoms with van der Waals surface area (Å²) in [7, 11) is 1.63. The Morgan fingerprint density at radius 3 is 2.46 bits per heavy atom. The van der Waals surface area contributed by atoms with E-state index < -0.39 is 6.04 Å². The van der Waals surface area contributed by atoms with Gasteiger partial charge in [-0.2, -0.15) is 0 Å². The number of allylic oxidation sites excluding steroid dienone is 1. The molecule has 132 valence electrons. The maximum atomic E-state index is 12.1. The molecule has 0 unspecified atom stereocenters. The Morgan fingerprint density at radius 2 is 1.88 bits per heavy atom. The van der Waals surface area contributed by atoms with Gasteiger partial charge in [-0.3, -0.25) is 9.59 Å². The molecule has 2 N–H and O–H groups in total. The third kappa shape index (κ3) is 6.86. The summed E-state index contributed by atoms with van der Waals surface area (Å²) in [6, 6.07) is 7.11. The van der Waals surface area contributed by atoms with E-state index in [1.807, 2.05) is 52.0 Å². The van der Waals surface area contributed by atoms with Gasteiger partial charge >= 0.3 is 0 Å². The number of para-hydroxylation sites is 1. The molecule has 0 radical (unpaired) electrons. The second-order valence-electron chi connectivity index (χ2n) is 6.95. The Balaban J connectivity index is 2.65. The van der Waals surface area contributed by atoms with Crippen molar-refractivity contribution in [2.24, 2.45) is 0 Å². The van der Waals surface area contributed by atoms with Crippen LogP contribution in [-0.2, 0) is 16.0 Å². The minimum absolute atomic E-state index is 0.202. The summed E-state index contributed by atoms with van der Waals surface area (Å²) >= 11 is 0. The molecule has 0 saturated heterocycles. The van der Waals surface area contributed by atoms with E-state index >= 15 is 0 Å². The van der Waals surface area contributed by atoms with Crippen LogP contribution in [0.5, 0.6) is 5.75 Å². The number of carbonyl (C=O) groups excluding carboxylic acids is 2. The molecule has 0 aromatic heterocycles. The van der Waals surface area contributed by atoms with Crippen molar-refractivity contribution in [3.8, 4) is 5.75 Å². The van der Waals surface area contributed by atoms with E-state index in [1.54, 1.807) is 14.0 Å². The molecule has 0 aliphatic carbocycles. The molecule has 1 atom stereocenters. The van der Waals surface area contributed by atoms with E-state index in [1.165, 1.54) is 6.08 Å². The Morgan fingerprint density at radius 1 is 1.25 bits per heavy atom. The molecule has 0 spiro atoms. The lowest BCUT2D eigenvalue weighted by molar-refractivity contribution is -0.127. The molecule has 1 rings (SSSR count). The number of amides is 2. The third-order valence-electron chi connectivity index (χ3n) is 3.29. The number of carbonyl (C=O) groups is 2. The first-order valence-electron chi connectivity index (χ1n) is 8.04. The number of ether oxygens (including phenoxy) is 1. The lowest BCUT2D eigenvalue weighted by Crippen LogP contribution is -2.50. The summed E-state index contributed by atoms with van der Waals surface area (Å²) in [5.74, 6) is 0.314. The van der Waals surface area contributed by atoms with Crippen molar-refractivity contribution in [2.45, 2.75) is 52.6 Å². The molecule has 2 amide bonds. The SMILES string of the molecule is COc1ccccc1C/C(C)=C\C(=O)N[C@H](C)C(=O)NC(C)(C)C. The molecule has 0 heterocycles. The lowest BCUT2D eigenvalue weighted by Gasteiger charge is -2.23. The topological polar surface area (TPSA) is 67.4 Å². The Labute approximate surface area is 144 Å². The molecule has 24 heavy (non-hydrogen) atoms. The molecule has 0 fully saturated rings. The fraction of sp³-hybridized carbons (Fsp3) is 0.474. The van der Waals surface area contributed by atoms with Crippen LogP contribution in [0.1, 0.15) is 40.2 Å². The number of nitrogens with one attached hydrogen (secondary N) is 2. The maximum absolute atomic E-state index is 12.1. The Bertz CT molecular complexity index is 615. The largest absolute Gasteiger partial charge is 0.496 e. The average Bonchev–Trinajstić information content (AvgIpc) is 2.45. The van der Waals surface area contributed by atoms with Gasteiger partial charge in [0.05, 0.1) is 7.11 Å². The highest BCUT2D eigenvalue weighted by molar-refractivity contribution is 5.93. The van der Waals surface area contributed by atoms with E-state index in [2.05, 4.69) is 10.6 Å². The molecule has 5 heteroatoms. The normalized spacial score (nSPS) is 13.2. The minimum Gasteiger partial charge on any atom is -0.496 e. The first-order valence-corrected chi connectivity index (χ1v) is 8.04. The molecular weight excluding hydrogens is 304 g/mol. The number of rotatable bonds is 6. The smallest absolute Gasteiger partial charge is 0.244 e. The Hall–Kier alpha value is -2.30. The van der Waals surface area contributed by atoms with E-state index in [0.717, 1.165) is 16.9 Å². The second-order valence-corrected chi connectivity index (χ2v) is 6.95. The number of hydrogen-bond donors (Lipinski definition) is 2. The van der Waals surface area contributed by atoms with Crippen molar-refractivity contribution >= 4 is 11.8 Å². The predicted molar refractivity (Wildman–Crippen MR) is 96.0 cm³/mol. The molecule has 0 aliphatic rings. The van der Waals surface area contributed by atoms with Crippen molar-refractivity contribution in [1.82, 2.24) is 10.6 Å². The van der Waals surface area contributed by atoms with Crippen molar-refractivity contribution in [3.63, 3.8) is 0 Å². The average molecular weight is 332 g/mol. The van der Waals surface area contributed by atoms with Gasteiger partial charge in [-0.05, 0) is 52.7 Å². The van der Waals surface area contributed by atoms with Gasteiger partial charge in [0.25, 0.3) is 0 Å². The zero-order valence-corrected chi connectivity index (χ0v) is 15.4. The fourth-order valence-corrected chi connectivity index (χ4v) is 2.22. The van der Waals surface area contributed by atoms with Crippen molar-refractivity contribution < 1.29 is 14.3 Å². The number of hydrogen-bond acceptors (Lipinski definition) is 3. The summed E-state index contributed by atoms with van der Waals surface area (Å²) < 4.78 is 5.31. The minimum atomic E-state index is -0.591. The van der Waals surface area contributed by atoms with Crippen LogP contribution in [0.3, 0.4) is 0 Å². The van der Waals surface area contributed by atoms with Gasteiger partial charge in [-0.15, -0.1) is 0 Å². The highest BCUT2D eigenvalue weighted by Crippen LogP contribution is 2.20. The van der Waals surface area contributed by atoms with Crippen LogP contribution in [0.25, 0.3) is 0 Å². The molecule has 1 aromatic carbocycles. The van der Waals surface area contributed by atoms with E-state index in [4.69, 9.17) is 4.74 Å². The van der Waals surface area contributed by atoms with Crippen molar-refractivity contribution in [1.29, 1.82) is 0 Å². The second kappa shape index (κ2) is 8.52. The molecule has 5 nitrogen and oxygen atoms in total. The maximum Gasteiger partial charge on any atom is 0.244 e. The summed E-state index contributed by atoms with van der Waals surface area (Å²) in [5.41, 5.74) is 1.58. The molecule has 1 aromatic rings. The van der Waals surface area contributed by atoms with Gasteiger partial charge in [-0.1, -0.05) is 23.8 Å². The molecule has 0 aliphatic heterocycles. The van der Waals surface area contributed by atoms with Crippen LogP contribution in [0.2, 0.25) is 0 Å². The summed E-state index contributed by atoms with van der Waals surface area (Å²) in [6.07, 6.45) is 2.13. The predicted octanol–water partition coefficient (Wildman–Crippen LogP) is 2.60. The monoisotopic (exact) mass is 332 g/mol. The van der Waals surface area contributed by atoms with Gasteiger partial charge in [-0.25, -0.2) is 0 Å². The fourth-order valence-electron chi connectivity index (χ4n) is 2.22. The first-order chi connectivity index (χ1) is 11.1.